The topological polar surface area (TPSA) is 46.3 Å². The molecule has 2 rings (SSSR count). The molecule has 3 nitrogen and oxygen atoms in total. The number of amides is 1. The molecule has 0 heterocycles. The zero-order valence-electron chi connectivity index (χ0n) is 10.7. The number of nitrogens with zero attached hydrogens (tertiary/aromatic N) is 1. The van der Waals surface area contributed by atoms with Crippen LogP contribution in [0, 0.1) is 11.6 Å². The van der Waals surface area contributed by atoms with Gasteiger partial charge in [0.1, 0.15) is 11.6 Å². The van der Waals surface area contributed by atoms with Gasteiger partial charge < -0.3 is 10.6 Å². The maximum absolute atomic E-state index is 12.9. The molecule has 104 valence electrons. The molecular formula is C15H14F2N2O. The van der Waals surface area contributed by atoms with Crippen LogP contribution in [-0.4, -0.2) is 19.0 Å². The molecule has 2 N–H and O–H groups in total. The van der Waals surface area contributed by atoms with Crippen molar-refractivity contribution in [3.05, 3.63) is 65.7 Å². The fourth-order valence-corrected chi connectivity index (χ4v) is 1.85. The maximum atomic E-state index is 12.9. The molecule has 0 fully saturated rings. The minimum atomic E-state index is -0.409. The Balaban J connectivity index is 2.30. The second kappa shape index (κ2) is 6.25. The molecule has 5 heteroatoms. The lowest BCUT2D eigenvalue weighted by Crippen LogP contribution is -2.35. The molecule has 0 radical (unpaired) electrons. The zero-order chi connectivity index (χ0) is 14.5. The average Bonchev–Trinajstić information content (AvgIpc) is 2.46. The van der Waals surface area contributed by atoms with E-state index in [0.717, 1.165) is 0 Å². The van der Waals surface area contributed by atoms with Crippen molar-refractivity contribution in [1.29, 1.82) is 0 Å². The summed E-state index contributed by atoms with van der Waals surface area (Å²) >= 11 is 0. The van der Waals surface area contributed by atoms with E-state index in [1.165, 1.54) is 53.4 Å². The largest absolute Gasteiger partial charge is 0.329 e. The van der Waals surface area contributed by atoms with Crippen molar-refractivity contribution in [2.45, 2.75) is 0 Å². The predicted octanol–water partition coefficient (Wildman–Crippen LogP) is 2.57. The summed E-state index contributed by atoms with van der Waals surface area (Å²) in [5.74, 6) is -1.09. The second-order valence-electron chi connectivity index (χ2n) is 4.23. The van der Waals surface area contributed by atoms with Crippen molar-refractivity contribution in [3.63, 3.8) is 0 Å². The van der Waals surface area contributed by atoms with E-state index in [9.17, 15) is 13.6 Å². The van der Waals surface area contributed by atoms with Crippen LogP contribution in [0.1, 0.15) is 10.4 Å². The first-order valence-electron chi connectivity index (χ1n) is 6.15. The molecule has 0 aliphatic carbocycles. The van der Waals surface area contributed by atoms with Crippen LogP contribution < -0.4 is 10.6 Å². The number of nitrogens with two attached hydrogens (primary N) is 1. The molecule has 0 spiro atoms. The van der Waals surface area contributed by atoms with Gasteiger partial charge in [0.2, 0.25) is 0 Å². The predicted molar refractivity (Wildman–Crippen MR) is 73.5 cm³/mol. The third-order valence-electron chi connectivity index (χ3n) is 2.83. The molecule has 2 aromatic carbocycles. The Kier molecular flexibility index (Phi) is 4.42. The minimum Gasteiger partial charge on any atom is -0.329 e. The standard InChI is InChI=1S/C15H14F2N2O/c16-12-3-1-11(2-4-12)15(20)19(10-9-18)14-7-5-13(17)6-8-14/h1-8H,9-10,18H2. The Bertz CT molecular complexity index is 582. The van der Waals surface area contributed by atoms with Crippen molar-refractivity contribution in [1.82, 2.24) is 0 Å². The minimum absolute atomic E-state index is 0.268. The summed E-state index contributed by atoms with van der Waals surface area (Å²) in [6.45, 7) is 0.562. The van der Waals surface area contributed by atoms with Gasteiger partial charge in [-0.3, -0.25) is 4.79 Å². The van der Waals surface area contributed by atoms with E-state index >= 15 is 0 Å². The molecule has 2 aromatic rings. The van der Waals surface area contributed by atoms with Gasteiger partial charge in [-0.05, 0) is 48.5 Å². The summed E-state index contributed by atoms with van der Waals surface area (Å²) in [6, 6.07) is 10.8. The third-order valence-corrected chi connectivity index (χ3v) is 2.83. The SMILES string of the molecule is NCCN(C(=O)c1ccc(F)cc1)c1ccc(F)cc1. The van der Waals surface area contributed by atoms with E-state index in [4.69, 9.17) is 5.73 Å². The second-order valence-corrected chi connectivity index (χ2v) is 4.23. The van der Waals surface area contributed by atoms with Gasteiger partial charge in [0, 0.05) is 24.3 Å². The summed E-state index contributed by atoms with van der Waals surface area (Å²) in [7, 11) is 0. The first-order valence-corrected chi connectivity index (χ1v) is 6.15. The lowest BCUT2D eigenvalue weighted by atomic mass is 10.1. The summed E-state index contributed by atoms with van der Waals surface area (Å²) in [5.41, 5.74) is 6.41. The third kappa shape index (κ3) is 3.19. The summed E-state index contributed by atoms with van der Waals surface area (Å²) < 4.78 is 25.8. The normalized spacial score (nSPS) is 10.3. The van der Waals surface area contributed by atoms with E-state index in [1.807, 2.05) is 0 Å². The van der Waals surface area contributed by atoms with Gasteiger partial charge >= 0.3 is 0 Å². The Morgan fingerprint density at radius 1 is 0.950 bits per heavy atom. The monoisotopic (exact) mass is 276 g/mol. The molecule has 0 atom stereocenters. The number of anilines is 1. The highest BCUT2D eigenvalue weighted by Gasteiger charge is 2.17. The highest BCUT2D eigenvalue weighted by Crippen LogP contribution is 2.17. The Morgan fingerprint density at radius 3 is 1.95 bits per heavy atom. The van der Waals surface area contributed by atoms with Crippen molar-refractivity contribution in [2.24, 2.45) is 5.73 Å². The lowest BCUT2D eigenvalue weighted by Gasteiger charge is -2.22. The number of hydrogen-bond donors (Lipinski definition) is 1. The van der Waals surface area contributed by atoms with Crippen LogP contribution in [0.15, 0.2) is 48.5 Å². The number of halogens is 2. The molecule has 0 unspecified atom stereocenters. The molecule has 1 amide bonds. The van der Waals surface area contributed by atoms with Crippen LogP contribution in [0.4, 0.5) is 14.5 Å². The lowest BCUT2D eigenvalue weighted by molar-refractivity contribution is 0.0987. The first kappa shape index (κ1) is 14.1. The maximum Gasteiger partial charge on any atom is 0.258 e. The van der Waals surface area contributed by atoms with E-state index in [1.54, 1.807) is 0 Å². The van der Waals surface area contributed by atoms with Crippen LogP contribution in [0.2, 0.25) is 0 Å². The van der Waals surface area contributed by atoms with Crippen molar-refractivity contribution in [2.75, 3.05) is 18.0 Å². The van der Waals surface area contributed by atoms with Crippen molar-refractivity contribution >= 4 is 11.6 Å². The molecule has 0 saturated heterocycles. The number of carbonyl (C=O) groups is 1. The van der Waals surface area contributed by atoms with Gasteiger partial charge in [-0.2, -0.15) is 0 Å². The van der Waals surface area contributed by atoms with Crippen LogP contribution in [0.5, 0.6) is 0 Å². The van der Waals surface area contributed by atoms with Gasteiger partial charge in [-0.1, -0.05) is 0 Å². The van der Waals surface area contributed by atoms with Gasteiger partial charge in [0.05, 0.1) is 0 Å². The van der Waals surface area contributed by atoms with E-state index in [2.05, 4.69) is 0 Å². The molecule has 0 aliphatic rings. The summed E-state index contributed by atoms with van der Waals surface area (Å²) in [4.78, 5) is 13.8. The molecule has 0 aromatic heterocycles. The Morgan fingerprint density at radius 2 is 1.45 bits per heavy atom. The van der Waals surface area contributed by atoms with Crippen LogP contribution >= 0.6 is 0 Å². The van der Waals surface area contributed by atoms with Gasteiger partial charge in [0.25, 0.3) is 5.91 Å². The van der Waals surface area contributed by atoms with Crippen LogP contribution in [-0.2, 0) is 0 Å². The first-order chi connectivity index (χ1) is 9.61. The van der Waals surface area contributed by atoms with E-state index in [0.29, 0.717) is 17.8 Å². The quantitative estimate of drug-likeness (QED) is 0.933. The number of rotatable bonds is 4. The average molecular weight is 276 g/mol. The molecule has 0 saturated carbocycles. The zero-order valence-corrected chi connectivity index (χ0v) is 10.7. The molecule has 20 heavy (non-hydrogen) atoms. The Labute approximate surface area is 115 Å². The summed E-state index contributed by atoms with van der Waals surface area (Å²) in [6.07, 6.45) is 0. The summed E-state index contributed by atoms with van der Waals surface area (Å²) in [5, 5.41) is 0. The van der Waals surface area contributed by atoms with Gasteiger partial charge in [-0.15, -0.1) is 0 Å². The van der Waals surface area contributed by atoms with Crippen LogP contribution in [0.25, 0.3) is 0 Å². The van der Waals surface area contributed by atoms with Crippen molar-refractivity contribution in [3.8, 4) is 0 Å². The van der Waals surface area contributed by atoms with Gasteiger partial charge in [-0.25, -0.2) is 8.78 Å². The molecule has 0 bridgehead atoms. The highest BCUT2D eigenvalue weighted by atomic mass is 19.1. The molecular weight excluding hydrogens is 262 g/mol. The van der Waals surface area contributed by atoms with Crippen molar-refractivity contribution < 1.29 is 13.6 Å². The van der Waals surface area contributed by atoms with E-state index < -0.39 is 5.82 Å². The highest BCUT2D eigenvalue weighted by molar-refractivity contribution is 6.06. The fourth-order valence-electron chi connectivity index (χ4n) is 1.85. The molecule has 0 aliphatic heterocycles. The fraction of sp³-hybridized carbons (Fsp3) is 0.133. The van der Waals surface area contributed by atoms with E-state index in [-0.39, 0.29) is 18.3 Å². The smallest absolute Gasteiger partial charge is 0.258 e. The van der Waals surface area contributed by atoms with Gasteiger partial charge in [0.15, 0.2) is 0 Å². The van der Waals surface area contributed by atoms with Crippen LogP contribution in [0.3, 0.4) is 0 Å². The number of benzene rings is 2. The Hall–Kier alpha value is -2.27. The number of hydrogen-bond acceptors (Lipinski definition) is 2. The number of carbonyl (C=O) groups excluding carboxylic acids is 1.